The van der Waals surface area contributed by atoms with Gasteiger partial charge >= 0.3 is 0 Å². The van der Waals surface area contributed by atoms with Crippen molar-refractivity contribution in [3.05, 3.63) is 33.5 Å². The second-order valence-corrected chi connectivity index (χ2v) is 2.90. The smallest absolute Gasteiger partial charge is 0.252 e. The summed E-state index contributed by atoms with van der Waals surface area (Å²) in [5, 5.41) is 18.2. The summed E-state index contributed by atoms with van der Waals surface area (Å²) in [4.78, 5) is 10.1. The van der Waals surface area contributed by atoms with Crippen LogP contribution in [-0.4, -0.2) is 16.3 Å². The first-order valence-corrected chi connectivity index (χ1v) is 3.85. The molecule has 0 spiro atoms. The molecule has 2 aliphatic rings. The Morgan fingerprint density at radius 3 is 2.92 bits per heavy atom. The van der Waals surface area contributed by atoms with Gasteiger partial charge in [-0.2, -0.15) is 10.2 Å². The third-order valence-electron chi connectivity index (χ3n) is 2.05. The molecule has 1 aliphatic carbocycles. The third-order valence-corrected chi connectivity index (χ3v) is 2.05. The van der Waals surface area contributed by atoms with Gasteiger partial charge in [0.1, 0.15) is 0 Å². The lowest BCUT2D eigenvalue weighted by Gasteiger charge is -2.05. The van der Waals surface area contributed by atoms with Gasteiger partial charge in [-0.3, -0.25) is 10.1 Å². The Bertz CT molecular complexity index is 402. The van der Waals surface area contributed by atoms with Crippen LogP contribution in [0.3, 0.4) is 0 Å². The summed E-state index contributed by atoms with van der Waals surface area (Å²) in [6.07, 6.45) is 3.49. The molecule has 0 unspecified atom stereocenters. The molecule has 2 rings (SSSR count). The van der Waals surface area contributed by atoms with Crippen molar-refractivity contribution in [2.75, 3.05) is 0 Å². The van der Waals surface area contributed by atoms with Crippen LogP contribution >= 0.6 is 0 Å². The molecule has 0 radical (unpaired) electrons. The summed E-state index contributed by atoms with van der Waals surface area (Å²) >= 11 is 0. The van der Waals surface area contributed by atoms with Crippen LogP contribution in [0, 0.1) is 10.1 Å². The summed E-state index contributed by atoms with van der Waals surface area (Å²) in [5.74, 6) is 0. The molecule has 0 N–H and O–H groups in total. The van der Waals surface area contributed by atoms with Crippen LogP contribution in [0.2, 0.25) is 0 Å². The van der Waals surface area contributed by atoms with E-state index in [1.54, 1.807) is 6.08 Å². The van der Waals surface area contributed by atoms with E-state index in [9.17, 15) is 10.1 Å². The number of fused-ring (bicyclic) bond motifs is 1. The van der Waals surface area contributed by atoms with E-state index < -0.39 is 0 Å². The Hall–Kier alpha value is -1.78. The quantitative estimate of drug-likeness (QED) is 0.447. The van der Waals surface area contributed by atoms with Gasteiger partial charge in [0.05, 0.1) is 22.8 Å². The maximum atomic E-state index is 10.4. The van der Waals surface area contributed by atoms with Crippen molar-refractivity contribution >= 4 is 11.4 Å². The number of hydrogen-bond donors (Lipinski definition) is 0. The molecule has 66 valence electrons. The highest BCUT2D eigenvalue weighted by Crippen LogP contribution is 2.21. The molecular formula is C8H7N3O2. The van der Waals surface area contributed by atoms with E-state index in [0.717, 1.165) is 11.3 Å². The molecule has 5 nitrogen and oxygen atoms in total. The molecule has 0 atom stereocenters. The minimum atomic E-state index is -0.385. The molecule has 0 aromatic rings. The van der Waals surface area contributed by atoms with Crippen molar-refractivity contribution in [2.45, 2.75) is 13.3 Å². The summed E-state index contributed by atoms with van der Waals surface area (Å²) < 4.78 is 0. The van der Waals surface area contributed by atoms with E-state index in [0.29, 0.717) is 5.71 Å². The lowest BCUT2D eigenvalue weighted by Crippen LogP contribution is -2.13. The molecular weight excluding hydrogens is 170 g/mol. The molecule has 0 saturated heterocycles. The van der Waals surface area contributed by atoms with E-state index in [-0.39, 0.29) is 17.0 Å². The molecule has 1 heterocycles. The second kappa shape index (κ2) is 2.62. The molecule has 0 bridgehead atoms. The van der Waals surface area contributed by atoms with Crippen LogP contribution in [-0.2, 0) is 0 Å². The normalized spacial score (nSPS) is 19.8. The summed E-state index contributed by atoms with van der Waals surface area (Å²) in [6, 6.07) is 0. The highest BCUT2D eigenvalue weighted by Gasteiger charge is 2.25. The molecule has 1 aliphatic heterocycles. The van der Waals surface area contributed by atoms with Gasteiger partial charge in [0.2, 0.25) is 0 Å². The van der Waals surface area contributed by atoms with Gasteiger partial charge < -0.3 is 0 Å². The molecule has 0 saturated carbocycles. The predicted octanol–water partition coefficient (Wildman–Crippen LogP) is 1.31. The Balaban J connectivity index is 2.36. The zero-order valence-corrected chi connectivity index (χ0v) is 7.02. The minimum absolute atomic E-state index is 0.174. The topological polar surface area (TPSA) is 67.9 Å². The Kier molecular flexibility index (Phi) is 1.58. The van der Waals surface area contributed by atoms with E-state index >= 15 is 0 Å². The molecule has 0 amide bonds. The summed E-state index contributed by atoms with van der Waals surface area (Å²) in [5.41, 5.74) is 2.62. The van der Waals surface area contributed by atoms with Crippen LogP contribution in [0.15, 0.2) is 33.6 Å². The van der Waals surface area contributed by atoms with Crippen LogP contribution in [0.5, 0.6) is 0 Å². The molecule has 0 aromatic heterocycles. The van der Waals surface area contributed by atoms with Crippen molar-refractivity contribution < 1.29 is 4.92 Å². The van der Waals surface area contributed by atoms with Crippen LogP contribution in [0.1, 0.15) is 13.3 Å². The Morgan fingerprint density at radius 1 is 1.46 bits per heavy atom. The van der Waals surface area contributed by atoms with E-state index in [2.05, 4.69) is 10.2 Å². The van der Waals surface area contributed by atoms with Crippen LogP contribution in [0.4, 0.5) is 0 Å². The van der Waals surface area contributed by atoms with Crippen molar-refractivity contribution in [1.29, 1.82) is 0 Å². The molecule has 0 fully saturated rings. The SMILES string of the molecule is CC1=NN=C2CC([N+](=O)[O-])=CC=C12. The number of nitrogens with zero attached hydrogens (tertiary/aromatic N) is 3. The minimum Gasteiger partial charge on any atom is -0.259 e. The van der Waals surface area contributed by atoms with Crippen molar-refractivity contribution in [3.63, 3.8) is 0 Å². The van der Waals surface area contributed by atoms with Gasteiger partial charge in [-0.25, -0.2) is 0 Å². The molecule has 13 heavy (non-hydrogen) atoms. The molecule has 5 heteroatoms. The standard InChI is InChI=1S/C8H7N3O2/c1-5-7-3-2-6(11(12)13)4-8(7)10-9-5/h2-3H,4H2,1H3. The maximum Gasteiger partial charge on any atom is 0.252 e. The first kappa shape index (κ1) is 7.85. The Morgan fingerprint density at radius 2 is 2.23 bits per heavy atom. The number of rotatable bonds is 1. The highest BCUT2D eigenvalue weighted by atomic mass is 16.6. The third kappa shape index (κ3) is 1.18. The number of nitro groups is 1. The van der Waals surface area contributed by atoms with Gasteiger partial charge in [0, 0.05) is 11.6 Å². The fourth-order valence-electron chi connectivity index (χ4n) is 1.33. The van der Waals surface area contributed by atoms with Gasteiger partial charge in [-0.1, -0.05) is 0 Å². The van der Waals surface area contributed by atoms with Gasteiger partial charge in [0.25, 0.3) is 5.70 Å². The van der Waals surface area contributed by atoms with Gasteiger partial charge in [0.15, 0.2) is 0 Å². The fraction of sp³-hybridized carbons (Fsp3) is 0.250. The highest BCUT2D eigenvalue weighted by molar-refractivity contribution is 6.27. The average Bonchev–Trinajstić information content (AvgIpc) is 2.47. The van der Waals surface area contributed by atoms with E-state index in [4.69, 9.17) is 0 Å². The van der Waals surface area contributed by atoms with Crippen LogP contribution in [0.25, 0.3) is 0 Å². The zero-order chi connectivity index (χ0) is 9.42. The predicted molar refractivity (Wildman–Crippen MR) is 48.3 cm³/mol. The monoisotopic (exact) mass is 177 g/mol. The van der Waals surface area contributed by atoms with Crippen molar-refractivity contribution in [2.24, 2.45) is 10.2 Å². The summed E-state index contributed by atoms with van der Waals surface area (Å²) in [6.45, 7) is 1.84. The fourth-order valence-corrected chi connectivity index (χ4v) is 1.33. The van der Waals surface area contributed by atoms with E-state index in [1.807, 2.05) is 6.92 Å². The Labute approximate surface area is 74.3 Å². The zero-order valence-electron chi connectivity index (χ0n) is 7.02. The first-order valence-electron chi connectivity index (χ1n) is 3.85. The average molecular weight is 177 g/mol. The first-order chi connectivity index (χ1) is 6.18. The number of hydrogen-bond acceptors (Lipinski definition) is 4. The lowest BCUT2D eigenvalue weighted by atomic mass is 9.98. The summed E-state index contributed by atoms with van der Waals surface area (Å²) in [7, 11) is 0. The lowest BCUT2D eigenvalue weighted by molar-refractivity contribution is -0.426. The number of allylic oxidation sites excluding steroid dienone is 4. The van der Waals surface area contributed by atoms with Crippen LogP contribution < -0.4 is 0 Å². The van der Waals surface area contributed by atoms with Crippen molar-refractivity contribution in [1.82, 2.24) is 0 Å². The maximum absolute atomic E-state index is 10.4. The largest absolute Gasteiger partial charge is 0.259 e. The van der Waals surface area contributed by atoms with E-state index in [1.165, 1.54) is 6.08 Å². The second-order valence-electron chi connectivity index (χ2n) is 2.90. The van der Waals surface area contributed by atoms with Crippen molar-refractivity contribution in [3.8, 4) is 0 Å². The van der Waals surface area contributed by atoms with Gasteiger partial charge in [-0.15, -0.1) is 0 Å². The molecule has 0 aromatic carbocycles. The van der Waals surface area contributed by atoms with Gasteiger partial charge in [-0.05, 0) is 13.0 Å².